The van der Waals surface area contributed by atoms with Crippen molar-refractivity contribution >= 4 is 139 Å². The number of halogens is 3. The Bertz CT molecular complexity index is 5060. The summed E-state index contributed by atoms with van der Waals surface area (Å²) in [6, 6.07) is 13.8. The molecule has 2 aliphatic heterocycles. The fourth-order valence-electron chi connectivity index (χ4n) is 15.7. The van der Waals surface area contributed by atoms with Gasteiger partial charge in [-0.15, -0.1) is 13.2 Å². The van der Waals surface area contributed by atoms with E-state index in [4.69, 9.17) is 60.0 Å². The number of nitrogens with one attached hydrogen (secondary N) is 2. The first-order valence-corrected chi connectivity index (χ1v) is 45.5. The van der Waals surface area contributed by atoms with Gasteiger partial charge < -0.3 is 43.2 Å². The Hall–Kier alpha value is -7.93. The molecular formula is C83H105BrCl2N6O24S3. The van der Waals surface area contributed by atoms with Crippen molar-refractivity contribution in [3.8, 4) is 17.2 Å². The molecule has 8 fully saturated rings. The number of methoxy groups -OCH3 is 3. The highest BCUT2D eigenvalue weighted by Crippen LogP contribution is 2.59. The van der Waals surface area contributed by atoms with Gasteiger partial charge in [0.2, 0.25) is 17.7 Å². The lowest BCUT2D eigenvalue weighted by molar-refractivity contribution is -0.156. The van der Waals surface area contributed by atoms with Gasteiger partial charge in [0.1, 0.15) is 45.6 Å². The summed E-state index contributed by atoms with van der Waals surface area (Å²) in [6.45, 7) is 18.5. The summed E-state index contributed by atoms with van der Waals surface area (Å²) in [5, 5.41) is 6.43. The average Bonchev–Trinajstić information content (AvgIpc) is 1.62. The lowest BCUT2D eigenvalue weighted by atomic mass is 9.77. The summed E-state index contributed by atoms with van der Waals surface area (Å²) < 4.78 is 122. The highest BCUT2D eigenvalue weighted by atomic mass is 79.9. The number of fused-ring (bicyclic) bond motifs is 2. The Balaban J connectivity index is 0.000000200. The van der Waals surface area contributed by atoms with E-state index in [0.29, 0.717) is 72.8 Å². The summed E-state index contributed by atoms with van der Waals surface area (Å²) in [7, 11) is -7.97. The van der Waals surface area contributed by atoms with Crippen LogP contribution in [0.15, 0.2) is 113 Å². The molecule has 8 aliphatic rings. The molecule has 0 spiro atoms. The lowest BCUT2D eigenvalue weighted by Crippen LogP contribution is -2.48. The minimum Gasteiger partial charge on any atom is -0.495 e. The molecule has 119 heavy (non-hydrogen) atoms. The number of allylic oxidation sites excluding steroid dienone is 2. The third-order valence-electron chi connectivity index (χ3n) is 22.8. The van der Waals surface area contributed by atoms with E-state index in [-0.39, 0.29) is 92.6 Å². The van der Waals surface area contributed by atoms with Crippen molar-refractivity contribution in [2.24, 2.45) is 50.5 Å². The monoisotopic (exact) mass is 1810 g/mol. The van der Waals surface area contributed by atoms with E-state index in [9.17, 15) is 68.4 Å². The molecule has 36 heteroatoms. The maximum Gasteiger partial charge on any atom is 0.362 e. The van der Waals surface area contributed by atoms with Crippen molar-refractivity contribution in [3.05, 3.63) is 123 Å². The molecule has 4 heterocycles. The molecule has 5 aromatic rings. The van der Waals surface area contributed by atoms with Gasteiger partial charge in [0.25, 0.3) is 10.1 Å². The molecule has 3 amide bonds. The molecular weight excluding hydrogens is 1710 g/mol. The Kier molecular flexibility index (Phi) is 30.3. The molecule has 6 aliphatic carbocycles. The first-order chi connectivity index (χ1) is 56.0. The van der Waals surface area contributed by atoms with Crippen LogP contribution in [0, 0.1) is 45.3 Å². The molecule has 3 aromatic carbocycles. The average molecular weight is 1820 g/mol. The normalized spacial score (nSPS) is 23.5. The number of likely N-dealkylation sites (tertiary alicyclic amines) is 2. The first kappa shape index (κ1) is 93.3. The third-order valence-corrected chi connectivity index (χ3v) is 27.0. The molecule has 650 valence electrons. The number of aromatic nitrogens is 2. The van der Waals surface area contributed by atoms with Crippen molar-refractivity contribution < 1.29 is 105 Å². The van der Waals surface area contributed by atoms with E-state index in [2.05, 4.69) is 48.4 Å². The van der Waals surface area contributed by atoms with E-state index in [1.807, 2.05) is 46.3 Å². The van der Waals surface area contributed by atoms with E-state index < -0.39 is 148 Å². The number of esters is 3. The number of hydrogen-bond donors (Lipinski definition) is 3. The Morgan fingerprint density at radius 3 is 1.56 bits per heavy atom. The van der Waals surface area contributed by atoms with Crippen molar-refractivity contribution in [2.75, 3.05) is 34.4 Å². The first-order valence-electron chi connectivity index (χ1n) is 39.6. The number of ether oxygens (including phenoxy) is 6. The number of ketones is 2. The van der Waals surface area contributed by atoms with Crippen LogP contribution >= 0.6 is 39.1 Å². The van der Waals surface area contributed by atoms with Gasteiger partial charge >= 0.3 is 38.5 Å². The van der Waals surface area contributed by atoms with Gasteiger partial charge in [-0.1, -0.05) is 92.8 Å². The van der Waals surface area contributed by atoms with Gasteiger partial charge in [0, 0.05) is 65.9 Å². The SMILES string of the molecule is C=C[C@@H]1C[C@]1(CC(=O)[C@@H]1C[C@@H](Oc2ccnc3c(Cl)c(OC)ccc23)CN1C(=O)[C@@H](CC(=O)OC1CCCC1)C(C)(C)C)C(=O)NS(=O)(=O)OC1CC1.C=C[C@@H]1C[C@]1(CC(=O)[C@@H]1C[C@H](OS(=O)(=O)c2ccc(Br)cc2)CN1C(=O)[C@@H](CC(=O)OC1CCCC1)C(C)(C)C)C(=O)OC.COc1ccc2c(=O)cc[nH]c2c1Cl.NS(=O)(=O)OC1CC1. The number of pyridine rings is 2. The number of rotatable bonds is 30. The van der Waals surface area contributed by atoms with Crippen molar-refractivity contribution in [1.29, 1.82) is 0 Å². The van der Waals surface area contributed by atoms with Crippen molar-refractivity contribution in [2.45, 2.75) is 224 Å². The lowest BCUT2D eigenvalue weighted by Gasteiger charge is -2.35. The maximum absolute atomic E-state index is 14.6. The minimum atomic E-state index is -4.38. The zero-order valence-electron chi connectivity index (χ0n) is 68.1. The van der Waals surface area contributed by atoms with Crippen LogP contribution in [-0.4, -0.2) is 175 Å². The number of nitrogens with two attached hydrogens (primary N) is 1. The highest BCUT2D eigenvalue weighted by Gasteiger charge is 2.63. The molecule has 30 nitrogen and oxygen atoms in total. The summed E-state index contributed by atoms with van der Waals surface area (Å²) in [6.07, 6.45) is 13.3. The molecule has 10 atom stereocenters. The molecule has 0 bridgehead atoms. The number of H-pyrrole nitrogens is 1. The zero-order chi connectivity index (χ0) is 87.1. The molecule has 4 N–H and O–H groups in total. The van der Waals surface area contributed by atoms with Gasteiger partial charge in [0.05, 0.1) is 110 Å². The molecule has 2 saturated heterocycles. The van der Waals surface area contributed by atoms with E-state index in [1.54, 1.807) is 60.9 Å². The number of benzene rings is 3. The number of carbonyl (C=O) groups excluding carboxylic acids is 8. The second kappa shape index (κ2) is 38.6. The van der Waals surface area contributed by atoms with Crippen LogP contribution in [0.25, 0.3) is 21.8 Å². The quantitative estimate of drug-likeness (QED) is 0.0166. The number of aromatic amines is 1. The summed E-state index contributed by atoms with van der Waals surface area (Å²) in [5.74, 6) is -4.98. The standard InChI is InChI=1S/C38H48ClN3O10S.C32H42BrNO9S.C10H8ClNO2.C3H7NO3S/c1-6-22-19-38(22,36(46)41-53(47,48)52-24-11-12-24)20-29(43)28-17-25(50-30-15-16-40-34-26(30)13-14-31(49-5)33(34)39)21-42(28)35(45)27(37(2,3)4)18-32(44)51-23-9-7-8-10-23;1-6-20-17-32(20,30(38)41-5)18-27(35)26-15-23(43-44(39,40)24-13-11-21(33)12-14-24)19-34(26)29(37)25(31(2,3)4)16-28(36)42-22-9-7-8-10-22;1-14-8-3-2-6-7(13)4-5-12-10(6)9(8)11;4-8(5,6)7-3-1-2-3/h6,13-16,22-25,27-28H,1,7-12,17-21H2,2-5H3,(H,41,46);6,11-14,20,22-23,25-26H,1,7-10,15-19H2,2-5H3;2-5H,1H3,(H,12,13);3H,1-2H2,(H2,4,5,6)/t22-,25-,27-,28+,38-;20-,23+,25-,26+,32-;;/m11../s1. The number of carbonyl (C=O) groups is 8. The smallest absolute Gasteiger partial charge is 0.362 e. The van der Waals surface area contributed by atoms with Crippen molar-refractivity contribution in [3.63, 3.8) is 0 Å². The molecule has 13 rings (SSSR count). The minimum absolute atomic E-state index is 0.0148. The second-order valence-corrected chi connectivity index (χ2v) is 39.4. The van der Waals surface area contributed by atoms with Crippen LogP contribution in [-0.2, 0) is 95.8 Å². The van der Waals surface area contributed by atoms with Gasteiger partial charge in [-0.2, -0.15) is 25.3 Å². The number of hydrogen-bond acceptors (Lipinski definition) is 25. The van der Waals surface area contributed by atoms with Crippen LogP contribution < -0.4 is 29.5 Å². The zero-order valence-corrected chi connectivity index (χ0v) is 73.6. The topological polar surface area (TPSA) is 412 Å². The van der Waals surface area contributed by atoms with Crippen LogP contribution in [0.1, 0.15) is 170 Å². The van der Waals surface area contributed by atoms with E-state index >= 15 is 0 Å². The number of nitrogens with zero attached hydrogens (tertiary/aromatic N) is 3. The second-order valence-electron chi connectivity index (χ2n) is 33.7. The summed E-state index contributed by atoms with van der Waals surface area (Å²) in [5.41, 5.74) is -2.80. The van der Waals surface area contributed by atoms with Crippen LogP contribution in [0.4, 0.5) is 0 Å². The fourth-order valence-corrected chi connectivity index (χ4v) is 19.2. The third kappa shape index (κ3) is 23.9. The van der Waals surface area contributed by atoms with Crippen LogP contribution in [0.2, 0.25) is 10.0 Å². The highest BCUT2D eigenvalue weighted by molar-refractivity contribution is 9.10. The van der Waals surface area contributed by atoms with Gasteiger partial charge in [-0.25, -0.2) is 9.86 Å². The number of amides is 3. The predicted octanol–water partition coefficient (Wildman–Crippen LogP) is 12.0. The van der Waals surface area contributed by atoms with Gasteiger partial charge in [-0.05, 0) is 167 Å². The molecule has 2 aromatic heterocycles. The Morgan fingerprint density at radius 2 is 1.09 bits per heavy atom. The fraction of sp³-hybridized carbons (Fsp3) is 0.566. The predicted molar refractivity (Wildman–Crippen MR) is 443 cm³/mol. The Labute approximate surface area is 712 Å². The molecule has 0 unspecified atom stereocenters. The van der Waals surface area contributed by atoms with Gasteiger partial charge in [-0.3, -0.25) is 60.7 Å². The Morgan fingerprint density at radius 1 is 0.613 bits per heavy atom. The summed E-state index contributed by atoms with van der Waals surface area (Å²) >= 11 is 15.9. The molecule has 6 saturated carbocycles. The molecule has 0 radical (unpaired) electrons. The van der Waals surface area contributed by atoms with Crippen LogP contribution in [0.3, 0.4) is 0 Å². The number of Topliss-reactive ketones (excluding diaryl/α,β-unsaturated/α-hetero) is 2. The van der Waals surface area contributed by atoms with Gasteiger partial charge in [0.15, 0.2) is 17.0 Å². The van der Waals surface area contributed by atoms with E-state index in [0.717, 1.165) is 64.2 Å². The van der Waals surface area contributed by atoms with E-state index in [1.165, 1.54) is 55.4 Å². The van der Waals surface area contributed by atoms with Crippen LogP contribution in [0.5, 0.6) is 17.2 Å². The summed E-state index contributed by atoms with van der Waals surface area (Å²) in [4.78, 5) is 131. The largest absolute Gasteiger partial charge is 0.495 e. The maximum atomic E-state index is 14.6. The van der Waals surface area contributed by atoms with Crippen molar-refractivity contribution in [1.82, 2.24) is 24.5 Å².